The molecule has 0 saturated carbocycles. The number of esters is 2. The number of Topliss-reactive ketones (excluding diaryl/α,β-unsaturated/α-hetero) is 2. The summed E-state index contributed by atoms with van der Waals surface area (Å²) in [4.78, 5) is 64.8. The lowest BCUT2D eigenvalue weighted by atomic mass is 9.69. The summed E-state index contributed by atoms with van der Waals surface area (Å²) in [5, 5.41) is 49.3. The molecule has 2 atom stereocenters. The number of hydrogen-bond donors (Lipinski definition) is 5. The summed E-state index contributed by atoms with van der Waals surface area (Å²) in [7, 11) is 0. The topological polar surface area (TPSA) is 205 Å². The Labute approximate surface area is 211 Å². The van der Waals surface area contributed by atoms with Crippen molar-refractivity contribution >= 4 is 29.5 Å². The molecular formula is C26H16O12. The van der Waals surface area contributed by atoms with Crippen LogP contribution in [-0.4, -0.2) is 55.0 Å². The molecule has 192 valence electrons. The molecule has 3 aromatic rings. The van der Waals surface area contributed by atoms with Crippen LogP contribution < -0.4 is 9.47 Å². The molecule has 3 aromatic carbocycles. The molecule has 5 rings (SSSR count). The van der Waals surface area contributed by atoms with Crippen LogP contribution in [0.5, 0.6) is 34.5 Å². The zero-order valence-corrected chi connectivity index (χ0v) is 18.9. The quantitative estimate of drug-likeness (QED) is 0.191. The van der Waals surface area contributed by atoms with Crippen molar-refractivity contribution in [3.05, 3.63) is 70.8 Å². The number of ether oxygens (including phenoxy) is 2. The number of rotatable bonds is 4. The molecule has 0 aliphatic carbocycles. The smallest absolute Gasteiger partial charge is 0.335 e. The second-order valence-corrected chi connectivity index (χ2v) is 8.66. The van der Waals surface area contributed by atoms with Gasteiger partial charge >= 0.3 is 17.9 Å². The van der Waals surface area contributed by atoms with E-state index in [0.717, 1.165) is 36.4 Å². The van der Waals surface area contributed by atoms with E-state index in [1.807, 2.05) is 0 Å². The Morgan fingerprint density at radius 2 is 1.11 bits per heavy atom. The van der Waals surface area contributed by atoms with Gasteiger partial charge in [-0.1, -0.05) is 12.1 Å². The zero-order valence-electron chi connectivity index (χ0n) is 18.9. The number of carboxylic acids is 1. The van der Waals surface area contributed by atoms with Crippen molar-refractivity contribution in [1.82, 2.24) is 0 Å². The fourth-order valence-electron chi connectivity index (χ4n) is 4.74. The summed E-state index contributed by atoms with van der Waals surface area (Å²) in [5.74, 6) is -14.6. The highest BCUT2D eigenvalue weighted by molar-refractivity contribution is 6.19. The van der Waals surface area contributed by atoms with Crippen LogP contribution in [0.15, 0.2) is 48.5 Å². The molecule has 12 heteroatoms. The van der Waals surface area contributed by atoms with Gasteiger partial charge in [-0.25, -0.2) is 4.79 Å². The fourth-order valence-corrected chi connectivity index (χ4v) is 4.74. The summed E-state index contributed by atoms with van der Waals surface area (Å²) >= 11 is 0. The van der Waals surface area contributed by atoms with Gasteiger partial charge in [-0.3, -0.25) is 19.2 Å². The average Bonchev–Trinajstić information content (AvgIpc) is 2.81. The maximum atomic E-state index is 13.6. The molecule has 5 N–H and O–H groups in total. The molecule has 0 saturated heterocycles. The van der Waals surface area contributed by atoms with Crippen molar-refractivity contribution in [2.75, 3.05) is 0 Å². The van der Waals surface area contributed by atoms with Crippen LogP contribution >= 0.6 is 0 Å². The number of carbonyl (C=O) groups is 5. The number of aromatic hydroxyl groups is 4. The average molecular weight is 520 g/mol. The van der Waals surface area contributed by atoms with Crippen LogP contribution in [0.25, 0.3) is 0 Å². The van der Waals surface area contributed by atoms with E-state index in [9.17, 15) is 49.5 Å². The first-order valence-electron chi connectivity index (χ1n) is 10.9. The minimum atomic E-state index is -1.91. The predicted octanol–water partition coefficient (Wildman–Crippen LogP) is 2.13. The Morgan fingerprint density at radius 3 is 1.50 bits per heavy atom. The maximum absolute atomic E-state index is 13.6. The molecule has 0 amide bonds. The number of carbonyl (C=O) groups excluding carboxylic acids is 4. The van der Waals surface area contributed by atoms with Crippen molar-refractivity contribution in [1.29, 1.82) is 0 Å². The zero-order chi connectivity index (χ0) is 27.5. The fraction of sp³-hybridized carbons (Fsp3) is 0.115. The molecule has 2 aliphatic rings. The molecule has 0 radical (unpaired) electrons. The Morgan fingerprint density at radius 1 is 0.684 bits per heavy atom. The second-order valence-electron chi connectivity index (χ2n) is 8.66. The van der Waals surface area contributed by atoms with Crippen molar-refractivity contribution in [3.63, 3.8) is 0 Å². The normalized spacial score (nSPS) is 19.2. The van der Waals surface area contributed by atoms with Crippen molar-refractivity contribution in [2.45, 2.75) is 5.92 Å². The van der Waals surface area contributed by atoms with Crippen molar-refractivity contribution < 1.29 is 59.0 Å². The molecular weight excluding hydrogens is 504 g/mol. The highest BCUT2D eigenvalue weighted by Crippen LogP contribution is 2.48. The summed E-state index contributed by atoms with van der Waals surface area (Å²) in [6, 6.07) is 8.21. The highest BCUT2D eigenvalue weighted by atomic mass is 16.5. The Bertz CT molecular complexity index is 1480. The van der Waals surface area contributed by atoms with E-state index < -0.39 is 92.9 Å². The van der Waals surface area contributed by atoms with Gasteiger partial charge in [0.25, 0.3) is 0 Å². The van der Waals surface area contributed by atoms with Crippen LogP contribution in [-0.2, 0) is 9.59 Å². The number of carboxylic acid groups (broad SMARTS) is 1. The van der Waals surface area contributed by atoms with E-state index in [4.69, 9.17) is 9.47 Å². The summed E-state index contributed by atoms with van der Waals surface area (Å²) in [6.07, 6.45) is 0. The number of ketones is 2. The number of fused-ring (bicyclic) bond motifs is 2. The van der Waals surface area contributed by atoms with E-state index in [1.165, 1.54) is 12.1 Å². The first-order chi connectivity index (χ1) is 18.0. The van der Waals surface area contributed by atoms with E-state index in [1.54, 1.807) is 0 Å². The molecule has 2 unspecified atom stereocenters. The van der Waals surface area contributed by atoms with E-state index in [2.05, 4.69) is 0 Å². The van der Waals surface area contributed by atoms with Crippen LogP contribution in [0, 0.1) is 11.8 Å². The summed E-state index contributed by atoms with van der Waals surface area (Å²) in [5.41, 5.74) is -1.13. The van der Waals surface area contributed by atoms with Gasteiger partial charge < -0.3 is 35.0 Å². The number of benzene rings is 3. The van der Waals surface area contributed by atoms with Crippen LogP contribution in [0.3, 0.4) is 0 Å². The Hall–Kier alpha value is -5.39. The monoisotopic (exact) mass is 520 g/mol. The predicted molar refractivity (Wildman–Crippen MR) is 123 cm³/mol. The standard InChI is InChI=1S/C26H16O12/c27-11-5-13(29)18-15(7-11)37-25(35)20(22(18)31)17(9-1-3-10(4-2-9)24(33)34)21-23(32)19-14(30)6-12(28)8-16(19)38-26(21)36/h1-8,17,20-21,27-30H,(H,33,34). The van der Waals surface area contributed by atoms with Gasteiger partial charge in [0.05, 0.1) is 5.56 Å². The number of phenolic OH excluding ortho intramolecular Hbond substituents is 4. The van der Waals surface area contributed by atoms with Crippen LogP contribution in [0.2, 0.25) is 0 Å². The van der Waals surface area contributed by atoms with Gasteiger partial charge in [0, 0.05) is 30.2 Å². The first kappa shape index (κ1) is 24.3. The molecule has 12 nitrogen and oxygen atoms in total. The van der Waals surface area contributed by atoms with Gasteiger partial charge in [0.15, 0.2) is 11.6 Å². The lowest BCUT2D eigenvalue weighted by Gasteiger charge is -2.34. The Kier molecular flexibility index (Phi) is 5.52. The van der Waals surface area contributed by atoms with Gasteiger partial charge in [-0.2, -0.15) is 0 Å². The minimum Gasteiger partial charge on any atom is -0.508 e. The minimum absolute atomic E-state index is 0.00374. The highest BCUT2D eigenvalue weighted by Gasteiger charge is 2.53. The summed E-state index contributed by atoms with van der Waals surface area (Å²) in [6.45, 7) is 0. The molecule has 2 heterocycles. The number of phenols is 4. The lowest BCUT2D eigenvalue weighted by molar-refractivity contribution is -0.142. The SMILES string of the molecule is O=C(O)c1ccc(C(C2C(=O)Oc3cc(O)cc(O)c3C2=O)C2C(=O)Oc3cc(O)cc(O)c3C2=O)cc1. The number of hydrogen-bond acceptors (Lipinski definition) is 11. The molecule has 0 spiro atoms. The molecule has 0 aromatic heterocycles. The largest absolute Gasteiger partial charge is 0.508 e. The lowest BCUT2D eigenvalue weighted by Crippen LogP contribution is -2.46. The first-order valence-corrected chi connectivity index (χ1v) is 10.9. The van der Waals surface area contributed by atoms with Gasteiger partial charge in [0.1, 0.15) is 57.5 Å². The molecule has 0 fully saturated rings. The van der Waals surface area contributed by atoms with Crippen LogP contribution in [0.4, 0.5) is 0 Å². The Balaban J connectivity index is 1.70. The van der Waals surface area contributed by atoms with Gasteiger partial charge in [-0.05, 0) is 17.7 Å². The van der Waals surface area contributed by atoms with E-state index >= 15 is 0 Å². The van der Waals surface area contributed by atoms with Crippen LogP contribution in [0.1, 0.15) is 42.6 Å². The van der Waals surface area contributed by atoms with E-state index in [0.29, 0.717) is 0 Å². The third kappa shape index (κ3) is 3.75. The van der Waals surface area contributed by atoms with E-state index in [-0.39, 0.29) is 11.1 Å². The van der Waals surface area contributed by atoms with Gasteiger partial charge in [0.2, 0.25) is 0 Å². The molecule has 0 bridgehead atoms. The van der Waals surface area contributed by atoms with Crippen molar-refractivity contribution in [2.24, 2.45) is 11.8 Å². The van der Waals surface area contributed by atoms with Crippen molar-refractivity contribution in [3.8, 4) is 34.5 Å². The summed E-state index contributed by atoms with van der Waals surface area (Å²) < 4.78 is 10.4. The molecule has 2 aliphatic heterocycles. The molecule has 38 heavy (non-hydrogen) atoms. The second kappa shape index (κ2) is 8.62. The third-order valence-corrected chi connectivity index (χ3v) is 6.38. The van der Waals surface area contributed by atoms with Gasteiger partial charge in [-0.15, -0.1) is 0 Å². The third-order valence-electron chi connectivity index (χ3n) is 6.38. The maximum Gasteiger partial charge on any atom is 0.335 e. The number of aromatic carboxylic acids is 1.